The van der Waals surface area contributed by atoms with Crippen molar-refractivity contribution in [3.05, 3.63) is 66.5 Å². The lowest BCUT2D eigenvalue weighted by atomic mass is 9.88. The first-order valence-corrected chi connectivity index (χ1v) is 9.10. The number of hydrogen-bond donors (Lipinski definition) is 1. The van der Waals surface area contributed by atoms with Crippen LogP contribution in [0.5, 0.6) is 0 Å². The van der Waals surface area contributed by atoms with E-state index >= 15 is 0 Å². The Morgan fingerprint density at radius 1 is 1.22 bits per heavy atom. The number of hydrogen-bond acceptors (Lipinski definition) is 5. The molecule has 2 heterocycles. The van der Waals surface area contributed by atoms with Crippen molar-refractivity contribution in [2.45, 2.75) is 25.3 Å². The second-order valence-corrected chi connectivity index (χ2v) is 6.49. The first-order valence-electron chi connectivity index (χ1n) is 9.10. The first kappa shape index (κ1) is 17.1. The van der Waals surface area contributed by atoms with Crippen LogP contribution >= 0.6 is 0 Å². The molecule has 6 heteroatoms. The van der Waals surface area contributed by atoms with Crippen molar-refractivity contribution >= 4 is 29.1 Å². The Morgan fingerprint density at radius 2 is 2.11 bits per heavy atom. The zero-order valence-electron chi connectivity index (χ0n) is 15.3. The largest absolute Gasteiger partial charge is 0.361 e. The summed E-state index contributed by atoms with van der Waals surface area (Å²) in [5.41, 5.74) is 4.29. The van der Waals surface area contributed by atoms with E-state index in [0.717, 1.165) is 36.1 Å². The summed E-state index contributed by atoms with van der Waals surface area (Å²) in [5.74, 6) is 1.25. The lowest BCUT2D eigenvalue weighted by Gasteiger charge is -2.27. The summed E-state index contributed by atoms with van der Waals surface area (Å²) in [7, 11) is 1.71. The molecule has 0 unspecified atom stereocenters. The number of nitrogens with one attached hydrogen (secondary N) is 1. The van der Waals surface area contributed by atoms with Crippen molar-refractivity contribution in [3.8, 4) is 0 Å². The summed E-state index contributed by atoms with van der Waals surface area (Å²) in [6.45, 7) is 3.83. The molecule has 1 aromatic carbocycles. The molecular weight excluding hydrogens is 336 g/mol. The normalized spacial score (nSPS) is 16.3. The molecule has 1 atom stereocenters. The molecule has 1 aliphatic rings. The van der Waals surface area contributed by atoms with Gasteiger partial charge in [0, 0.05) is 19.4 Å². The Hall–Kier alpha value is -3.28. The molecule has 0 spiro atoms. The van der Waals surface area contributed by atoms with Gasteiger partial charge in [0.05, 0.1) is 17.9 Å². The molecule has 1 N–H and O–H groups in total. The van der Waals surface area contributed by atoms with Crippen LogP contribution < -0.4 is 10.2 Å². The number of pyridine rings is 1. The Bertz CT molecular complexity index is 997. The van der Waals surface area contributed by atoms with Crippen LogP contribution in [0.4, 0.5) is 11.8 Å². The fourth-order valence-electron chi connectivity index (χ4n) is 3.55. The van der Waals surface area contributed by atoms with Gasteiger partial charge in [-0.05, 0) is 42.5 Å². The Labute approximate surface area is 158 Å². The highest BCUT2D eigenvalue weighted by atomic mass is 15.3. The van der Waals surface area contributed by atoms with Gasteiger partial charge in [-0.2, -0.15) is 4.98 Å². The number of aliphatic imine (C=N–C) groups is 1. The number of fused-ring (bicyclic) bond motifs is 2. The van der Waals surface area contributed by atoms with E-state index in [1.54, 1.807) is 30.7 Å². The second kappa shape index (κ2) is 7.53. The zero-order valence-corrected chi connectivity index (χ0v) is 15.3. The van der Waals surface area contributed by atoms with Crippen molar-refractivity contribution in [1.82, 2.24) is 15.0 Å². The third kappa shape index (κ3) is 3.38. The number of rotatable bonds is 5. The Kier molecular flexibility index (Phi) is 4.78. The smallest absolute Gasteiger partial charge is 0.237 e. The summed E-state index contributed by atoms with van der Waals surface area (Å²) in [5, 5.41) is 3.62. The molecular formula is C21H22N6. The SMILES string of the molecule is C=CN(/C=N\C)c1nc(N[C@H]2CCCc3ccccc32)c2ncccc2n1. The summed E-state index contributed by atoms with van der Waals surface area (Å²) in [4.78, 5) is 19.6. The van der Waals surface area contributed by atoms with Crippen LogP contribution in [0.3, 0.4) is 0 Å². The molecule has 0 saturated heterocycles. The maximum Gasteiger partial charge on any atom is 0.237 e. The second-order valence-electron chi connectivity index (χ2n) is 6.49. The lowest BCUT2D eigenvalue weighted by molar-refractivity contribution is 0.599. The zero-order chi connectivity index (χ0) is 18.6. The molecule has 4 rings (SSSR count). The predicted molar refractivity (Wildman–Crippen MR) is 110 cm³/mol. The maximum atomic E-state index is 4.74. The van der Waals surface area contributed by atoms with Crippen molar-refractivity contribution < 1.29 is 0 Å². The molecule has 27 heavy (non-hydrogen) atoms. The third-order valence-electron chi connectivity index (χ3n) is 4.79. The quantitative estimate of drug-likeness (QED) is 0.549. The predicted octanol–water partition coefficient (Wildman–Crippen LogP) is 4.12. The minimum Gasteiger partial charge on any atom is -0.361 e. The van der Waals surface area contributed by atoms with Crippen molar-refractivity contribution in [2.24, 2.45) is 4.99 Å². The van der Waals surface area contributed by atoms with Gasteiger partial charge in [0.15, 0.2) is 5.82 Å². The van der Waals surface area contributed by atoms with Crippen molar-refractivity contribution in [3.63, 3.8) is 0 Å². The molecule has 0 fully saturated rings. The average Bonchev–Trinajstić information content (AvgIpc) is 2.72. The van der Waals surface area contributed by atoms with Gasteiger partial charge in [-0.25, -0.2) is 4.98 Å². The number of nitrogens with zero attached hydrogens (tertiary/aromatic N) is 5. The van der Waals surface area contributed by atoms with Gasteiger partial charge in [0.25, 0.3) is 0 Å². The Balaban J connectivity index is 1.78. The highest BCUT2D eigenvalue weighted by Gasteiger charge is 2.22. The number of aromatic nitrogens is 3. The van der Waals surface area contributed by atoms with Gasteiger partial charge in [0.1, 0.15) is 5.52 Å². The first-order chi connectivity index (χ1) is 13.3. The molecule has 6 nitrogen and oxygen atoms in total. The minimum atomic E-state index is 0.208. The van der Waals surface area contributed by atoms with E-state index in [2.05, 4.69) is 51.1 Å². The fourth-order valence-corrected chi connectivity index (χ4v) is 3.55. The molecule has 2 aromatic heterocycles. The van der Waals surface area contributed by atoms with Gasteiger partial charge in [-0.15, -0.1) is 0 Å². The van der Waals surface area contributed by atoms with Crippen molar-refractivity contribution in [2.75, 3.05) is 17.3 Å². The maximum absolute atomic E-state index is 4.74. The van der Waals surface area contributed by atoms with Gasteiger partial charge >= 0.3 is 0 Å². The molecule has 0 radical (unpaired) electrons. The van der Waals surface area contributed by atoms with Crippen LogP contribution in [-0.4, -0.2) is 28.3 Å². The number of anilines is 2. The molecule has 1 aliphatic carbocycles. The summed E-state index contributed by atoms with van der Waals surface area (Å²) in [6.07, 6.45) is 8.39. The van der Waals surface area contributed by atoms with Gasteiger partial charge in [0.2, 0.25) is 5.95 Å². The highest BCUT2D eigenvalue weighted by Crippen LogP contribution is 2.33. The molecule has 136 valence electrons. The van der Waals surface area contributed by atoms with E-state index < -0.39 is 0 Å². The molecule has 0 amide bonds. The van der Waals surface area contributed by atoms with Gasteiger partial charge < -0.3 is 5.32 Å². The van der Waals surface area contributed by atoms with Gasteiger partial charge in [-0.1, -0.05) is 30.8 Å². The number of benzene rings is 1. The average molecular weight is 358 g/mol. The number of aryl methyl sites for hydroxylation is 1. The fraction of sp³-hybridized carbons (Fsp3) is 0.238. The highest BCUT2D eigenvalue weighted by molar-refractivity contribution is 5.88. The van der Waals surface area contributed by atoms with Crippen LogP contribution in [0.15, 0.2) is 60.4 Å². The minimum absolute atomic E-state index is 0.208. The van der Waals surface area contributed by atoms with Crippen LogP contribution in [-0.2, 0) is 6.42 Å². The van der Waals surface area contributed by atoms with Crippen LogP contribution in [0.2, 0.25) is 0 Å². The van der Waals surface area contributed by atoms with Crippen LogP contribution in [0.1, 0.15) is 30.0 Å². The molecule has 3 aromatic rings. The van der Waals surface area contributed by atoms with Crippen molar-refractivity contribution in [1.29, 1.82) is 0 Å². The Morgan fingerprint density at radius 3 is 2.96 bits per heavy atom. The summed E-state index contributed by atoms with van der Waals surface area (Å²) in [6, 6.07) is 12.6. The molecule has 0 saturated carbocycles. The standard InChI is InChI=1S/C21H22N6/c1-3-27(14-22-2)21-25-18-12-7-13-23-19(18)20(26-21)24-17-11-6-9-15-8-4-5-10-16(15)17/h3-5,7-8,10,12-14,17H,1,6,9,11H2,2H3,(H,24,25,26)/b22-14-/t17-/m0/s1. The topological polar surface area (TPSA) is 66.3 Å². The summed E-state index contributed by atoms with van der Waals surface area (Å²) < 4.78 is 0. The molecule has 0 aliphatic heterocycles. The van der Waals surface area contributed by atoms with E-state index in [1.165, 1.54) is 11.1 Å². The van der Waals surface area contributed by atoms with E-state index in [1.807, 2.05) is 12.1 Å². The van der Waals surface area contributed by atoms with Gasteiger partial charge in [-0.3, -0.25) is 14.9 Å². The van der Waals surface area contributed by atoms with Crippen LogP contribution in [0, 0.1) is 0 Å². The molecule has 0 bridgehead atoms. The van der Waals surface area contributed by atoms with Crippen LogP contribution in [0.25, 0.3) is 11.0 Å². The summed E-state index contributed by atoms with van der Waals surface area (Å²) >= 11 is 0. The lowest BCUT2D eigenvalue weighted by Crippen LogP contribution is -2.20. The van der Waals surface area contributed by atoms with E-state index in [9.17, 15) is 0 Å². The van der Waals surface area contributed by atoms with E-state index in [0.29, 0.717) is 5.95 Å². The van der Waals surface area contributed by atoms with E-state index in [-0.39, 0.29) is 6.04 Å². The van der Waals surface area contributed by atoms with E-state index in [4.69, 9.17) is 4.98 Å². The monoisotopic (exact) mass is 358 g/mol. The third-order valence-corrected chi connectivity index (χ3v) is 4.79.